The van der Waals surface area contributed by atoms with Gasteiger partial charge in [-0.05, 0) is 31.8 Å². The fraction of sp³-hybridized carbons (Fsp3) is 0.444. The highest BCUT2D eigenvalue weighted by Gasteiger charge is 2.33. The van der Waals surface area contributed by atoms with E-state index >= 15 is 0 Å². The van der Waals surface area contributed by atoms with Crippen molar-refractivity contribution in [2.24, 2.45) is 4.99 Å². The minimum absolute atomic E-state index is 0. The van der Waals surface area contributed by atoms with Crippen molar-refractivity contribution in [1.82, 2.24) is 20.5 Å². The van der Waals surface area contributed by atoms with Gasteiger partial charge in [-0.2, -0.15) is 13.2 Å². The summed E-state index contributed by atoms with van der Waals surface area (Å²) in [5.74, 6) is 1.26. The quantitative estimate of drug-likeness (QED) is 0.303. The number of benzene rings is 1. The largest absolute Gasteiger partial charge is 0.492 e. The van der Waals surface area contributed by atoms with Crippen LogP contribution in [0.3, 0.4) is 0 Å². The lowest BCUT2D eigenvalue weighted by molar-refractivity contribution is -0.140. The molecule has 0 aliphatic rings. The number of aliphatic imine (C=N–C) groups is 1. The van der Waals surface area contributed by atoms with Gasteiger partial charge in [0, 0.05) is 25.5 Å². The van der Waals surface area contributed by atoms with E-state index in [1.165, 1.54) is 0 Å². The van der Waals surface area contributed by atoms with Crippen molar-refractivity contribution in [3.63, 3.8) is 0 Å². The summed E-state index contributed by atoms with van der Waals surface area (Å²) in [4.78, 5) is 9.71. The molecule has 0 bridgehead atoms. The lowest BCUT2D eigenvalue weighted by Gasteiger charge is -2.13. The van der Waals surface area contributed by atoms with Gasteiger partial charge in [-0.15, -0.1) is 35.3 Å². The van der Waals surface area contributed by atoms with Gasteiger partial charge in [-0.25, -0.2) is 4.98 Å². The highest BCUT2D eigenvalue weighted by Crippen LogP contribution is 2.29. The fourth-order valence-corrected chi connectivity index (χ4v) is 2.92. The summed E-state index contributed by atoms with van der Waals surface area (Å²) < 4.78 is 43.5. The first-order valence-corrected chi connectivity index (χ1v) is 9.48. The average molecular weight is 543 g/mol. The third kappa shape index (κ3) is 9.17. The number of guanidine groups is 1. The van der Waals surface area contributed by atoms with Gasteiger partial charge in [0.2, 0.25) is 0 Å². The summed E-state index contributed by atoms with van der Waals surface area (Å²) in [7, 11) is 5.56. The Kier molecular flexibility index (Phi) is 10.7. The Morgan fingerprint density at radius 3 is 2.59 bits per heavy atom. The van der Waals surface area contributed by atoms with E-state index in [9.17, 15) is 13.2 Å². The van der Waals surface area contributed by atoms with Crippen molar-refractivity contribution in [1.29, 1.82) is 0 Å². The maximum atomic E-state index is 12.6. The van der Waals surface area contributed by atoms with Crippen LogP contribution in [0.25, 0.3) is 0 Å². The smallest absolute Gasteiger partial charge is 0.434 e. The maximum Gasteiger partial charge on any atom is 0.434 e. The highest BCUT2D eigenvalue weighted by atomic mass is 127. The zero-order valence-electron chi connectivity index (χ0n) is 16.4. The number of alkyl halides is 3. The number of halogens is 4. The number of hydrogen-bond donors (Lipinski definition) is 2. The molecule has 0 radical (unpaired) electrons. The summed E-state index contributed by atoms with van der Waals surface area (Å²) in [5.41, 5.74) is 0.127. The van der Waals surface area contributed by atoms with Gasteiger partial charge in [0.05, 0.1) is 6.54 Å². The molecule has 1 aromatic heterocycles. The SMILES string of the molecule is CN=C(NCc1cccc(OCCN(C)C)c1)NCc1nc(C(F)(F)F)cs1.I. The molecule has 2 N–H and O–H groups in total. The van der Waals surface area contributed by atoms with E-state index in [0.29, 0.717) is 24.1 Å². The standard InChI is InChI=1S/C18H24F3N5OS.HI/c1-22-17(24-11-16-25-15(12-28-16)18(19,20)21)23-10-13-5-4-6-14(9-13)27-8-7-26(2)3;/h4-6,9,12H,7-8,10-11H2,1-3H3,(H2,22,23,24);1H. The lowest BCUT2D eigenvalue weighted by Crippen LogP contribution is -2.36. The van der Waals surface area contributed by atoms with Crippen LogP contribution in [0.4, 0.5) is 13.2 Å². The van der Waals surface area contributed by atoms with E-state index < -0.39 is 11.9 Å². The molecule has 0 saturated carbocycles. The van der Waals surface area contributed by atoms with Crippen LogP contribution in [0.1, 0.15) is 16.3 Å². The van der Waals surface area contributed by atoms with Crippen molar-refractivity contribution in [3.05, 3.63) is 45.9 Å². The summed E-state index contributed by atoms with van der Waals surface area (Å²) in [6.45, 7) is 2.08. The summed E-state index contributed by atoms with van der Waals surface area (Å²) in [5, 5.41) is 7.44. The van der Waals surface area contributed by atoms with E-state index in [2.05, 4.69) is 20.6 Å². The highest BCUT2D eigenvalue weighted by molar-refractivity contribution is 14.0. The topological polar surface area (TPSA) is 61.8 Å². The Balaban J connectivity index is 0.00000420. The number of nitrogens with zero attached hydrogens (tertiary/aromatic N) is 3. The predicted octanol–water partition coefficient (Wildman–Crippen LogP) is 3.59. The predicted molar refractivity (Wildman–Crippen MR) is 120 cm³/mol. The van der Waals surface area contributed by atoms with Crippen LogP contribution in [0, 0.1) is 0 Å². The Bertz CT molecular complexity index is 783. The number of likely N-dealkylation sites (N-methyl/N-ethyl adjacent to an activating group) is 1. The first-order valence-electron chi connectivity index (χ1n) is 8.60. The normalized spacial score (nSPS) is 11.9. The van der Waals surface area contributed by atoms with Crippen LogP contribution < -0.4 is 15.4 Å². The number of aromatic nitrogens is 1. The molecule has 2 aromatic rings. The third-order valence-electron chi connectivity index (χ3n) is 3.64. The van der Waals surface area contributed by atoms with Gasteiger partial charge in [0.25, 0.3) is 0 Å². The van der Waals surface area contributed by atoms with Gasteiger partial charge in [0.15, 0.2) is 11.7 Å². The zero-order valence-corrected chi connectivity index (χ0v) is 19.6. The molecule has 1 aromatic carbocycles. The van der Waals surface area contributed by atoms with Gasteiger partial charge in [-0.3, -0.25) is 4.99 Å². The second-order valence-corrected chi connectivity index (χ2v) is 7.15. The van der Waals surface area contributed by atoms with Crippen molar-refractivity contribution in [2.75, 3.05) is 34.3 Å². The minimum Gasteiger partial charge on any atom is -0.492 e. The van der Waals surface area contributed by atoms with Crippen molar-refractivity contribution < 1.29 is 17.9 Å². The van der Waals surface area contributed by atoms with Crippen LogP contribution in [0.5, 0.6) is 5.75 Å². The van der Waals surface area contributed by atoms with E-state index in [-0.39, 0.29) is 30.5 Å². The van der Waals surface area contributed by atoms with Crippen LogP contribution in [-0.2, 0) is 19.3 Å². The molecule has 2 rings (SSSR count). The Morgan fingerprint density at radius 2 is 1.97 bits per heavy atom. The molecule has 29 heavy (non-hydrogen) atoms. The first kappa shape index (κ1) is 25.4. The van der Waals surface area contributed by atoms with Crippen molar-refractivity contribution in [2.45, 2.75) is 19.3 Å². The number of ether oxygens (including phenoxy) is 1. The molecular formula is C18H25F3IN5OS. The second-order valence-electron chi connectivity index (χ2n) is 6.20. The molecule has 0 aliphatic carbocycles. The molecule has 1 heterocycles. The van der Waals surface area contributed by atoms with Gasteiger partial charge in [-0.1, -0.05) is 12.1 Å². The van der Waals surface area contributed by atoms with Gasteiger partial charge < -0.3 is 20.3 Å². The summed E-state index contributed by atoms with van der Waals surface area (Å²) >= 11 is 0.958. The number of thiazole rings is 1. The molecule has 0 saturated heterocycles. The van der Waals surface area contributed by atoms with E-state index in [1.54, 1.807) is 7.05 Å². The summed E-state index contributed by atoms with van der Waals surface area (Å²) in [6.07, 6.45) is -4.42. The first-order chi connectivity index (χ1) is 13.3. The molecule has 0 unspecified atom stereocenters. The van der Waals surface area contributed by atoms with Crippen LogP contribution >= 0.6 is 35.3 Å². The molecule has 11 heteroatoms. The maximum absolute atomic E-state index is 12.6. The molecule has 0 spiro atoms. The monoisotopic (exact) mass is 543 g/mol. The fourth-order valence-electron chi connectivity index (χ4n) is 2.18. The number of nitrogens with one attached hydrogen (secondary N) is 2. The van der Waals surface area contributed by atoms with Crippen LogP contribution in [0.15, 0.2) is 34.6 Å². The minimum atomic E-state index is -4.42. The molecule has 0 fully saturated rings. The molecular weight excluding hydrogens is 518 g/mol. The number of rotatable bonds is 8. The van der Waals surface area contributed by atoms with E-state index in [4.69, 9.17) is 4.74 Å². The second kappa shape index (κ2) is 12.2. The van der Waals surface area contributed by atoms with E-state index in [0.717, 1.165) is 34.6 Å². The van der Waals surface area contributed by atoms with Crippen molar-refractivity contribution in [3.8, 4) is 5.75 Å². The zero-order chi connectivity index (χ0) is 20.6. The Labute approximate surface area is 189 Å². The van der Waals surface area contributed by atoms with Gasteiger partial charge in [0.1, 0.15) is 17.4 Å². The third-order valence-corrected chi connectivity index (χ3v) is 4.49. The molecule has 0 amide bonds. The molecule has 0 aliphatic heterocycles. The molecule has 6 nitrogen and oxygen atoms in total. The average Bonchev–Trinajstić information content (AvgIpc) is 3.11. The Morgan fingerprint density at radius 1 is 1.24 bits per heavy atom. The number of hydrogen-bond acceptors (Lipinski definition) is 5. The Hall–Kier alpha value is -1.60. The van der Waals surface area contributed by atoms with Crippen molar-refractivity contribution >= 4 is 41.3 Å². The lowest BCUT2D eigenvalue weighted by atomic mass is 10.2. The van der Waals surface area contributed by atoms with Crippen LogP contribution in [0.2, 0.25) is 0 Å². The van der Waals surface area contributed by atoms with E-state index in [1.807, 2.05) is 43.3 Å². The van der Waals surface area contributed by atoms with Crippen LogP contribution in [-0.4, -0.2) is 50.1 Å². The molecule has 162 valence electrons. The molecule has 0 atom stereocenters. The summed E-state index contributed by atoms with van der Waals surface area (Å²) in [6, 6.07) is 7.70. The van der Waals surface area contributed by atoms with Gasteiger partial charge >= 0.3 is 6.18 Å².